The molecule has 0 aliphatic carbocycles. The normalized spacial score (nSPS) is 14.0. The van der Waals surface area contributed by atoms with Crippen molar-refractivity contribution in [2.45, 2.75) is 52.0 Å². The van der Waals surface area contributed by atoms with Gasteiger partial charge in [0.15, 0.2) is 5.78 Å². The van der Waals surface area contributed by atoms with Crippen LogP contribution in [0, 0.1) is 0 Å². The lowest BCUT2D eigenvalue weighted by atomic mass is 9.99. The summed E-state index contributed by atoms with van der Waals surface area (Å²) in [5.74, 6) is 0.108. The number of ether oxygens (including phenoxy) is 1. The van der Waals surface area contributed by atoms with Crippen LogP contribution in [-0.4, -0.2) is 36.3 Å². The predicted octanol–water partition coefficient (Wildman–Crippen LogP) is 4.14. The third-order valence-corrected chi connectivity index (χ3v) is 4.45. The standard InChI is InChI=1S/C21H29NO3/c1-2-25-21(24)14-6-4-3-5-13-20(23)19-12-8-7-11-18(19)17-22-15-9-10-16-22/h7-12H,2-6,13-17H2,1H3. The Bertz CT molecular complexity index is 587. The van der Waals surface area contributed by atoms with Crippen LogP contribution in [0.2, 0.25) is 0 Å². The number of ketones is 1. The fourth-order valence-electron chi connectivity index (χ4n) is 3.10. The molecule has 0 atom stereocenters. The molecular weight excluding hydrogens is 314 g/mol. The molecule has 4 heteroatoms. The number of Topliss-reactive ketones (excluding diaryl/α,β-unsaturated/α-hetero) is 1. The number of rotatable bonds is 11. The maximum atomic E-state index is 12.6. The van der Waals surface area contributed by atoms with Crippen LogP contribution in [0.4, 0.5) is 0 Å². The molecule has 0 saturated heterocycles. The largest absolute Gasteiger partial charge is 0.466 e. The van der Waals surface area contributed by atoms with Gasteiger partial charge < -0.3 is 4.74 Å². The first kappa shape index (κ1) is 19.4. The van der Waals surface area contributed by atoms with E-state index in [0.29, 0.717) is 19.4 Å². The quantitative estimate of drug-likeness (QED) is 0.262. The SMILES string of the molecule is CCOC(=O)CCCCCCC(=O)c1ccccc1CN1CC=CC1. The predicted molar refractivity (Wildman–Crippen MR) is 99.5 cm³/mol. The average molecular weight is 343 g/mol. The van der Waals surface area contributed by atoms with Gasteiger partial charge in [-0.05, 0) is 25.3 Å². The minimum Gasteiger partial charge on any atom is -0.466 e. The molecular formula is C21H29NO3. The Kier molecular flexibility index (Phi) is 8.40. The molecule has 1 aliphatic rings. The zero-order valence-electron chi connectivity index (χ0n) is 15.2. The van der Waals surface area contributed by atoms with E-state index in [1.807, 2.05) is 25.1 Å². The molecule has 0 fully saturated rings. The van der Waals surface area contributed by atoms with E-state index in [9.17, 15) is 9.59 Å². The number of hydrogen-bond acceptors (Lipinski definition) is 4. The summed E-state index contributed by atoms with van der Waals surface area (Å²) in [4.78, 5) is 26.1. The van der Waals surface area contributed by atoms with Crippen LogP contribution in [0.25, 0.3) is 0 Å². The molecule has 1 aromatic carbocycles. The minimum atomic E-state index is -0.121. The fourth-order valence-corrected chi connectivity index (χ4v) is 3.10. The number of esters is 1. The van der Waals surface area contributed by atoms with Crippen molar-refractivity contribution in [3.63, 3.8) is 0 Å². The van der Waals surface area contributed by atoms with Crippen molar-refractivity contribution >= 4 is 11.8 Å². The average Bonchev–Trinajstić information content (AvgIpc) is 3.11. The summed E-state index contributed by atoms with van der Waals surface area (Å²) in [6.07, 6.45) is 9.05. The van der Waals surface area contributed by atoms with Crippen molar-refractivity contribution in [1.29, 1.82) is 0 Å². The van der Waals surface area contributed by atoms with Crippen LogP contribution >= 0.6 is 0 Å². The molecule has 25 heavy (non-hydrogen) atoms. The van der Waals surface area contributed by atoms with Crippen LogP contribution < -0.4 is 0 Å². The summed E-state index contributed by atoms with van der Waals surface area (Å²) in [7, 11) is 0. The summed E-state index contributed by atoms with van der Waals surface area (Å²) < 4.78 is 4.91. The van der Waals surface area contributed by atoms with Crippen LogP contribution in [0.3, 0.4) is 0 Å². The summed E-state index contributed by atoms with van der Waals surface area (Å²) in [5, 5.41) is 0. The number of carbonyl (C=O) groups is 2. The first-order chi connectivity index (χ1) is 12.2. The molecule has 0 radical (unpaired) electrons. The molecule has 0 aromatic heterocycles. The van der Waals surface area contributed by atoms with E-state index in [-0.39, 0.29) is 11.8 Å². The van der Waals surface area contributed by atoms with Gasteiger partial charge in [0.1, 0.15) is 0 Å². The van der Waals surface area contributed by atoms with Crippen molar-refractivity contribution in [3.05, 3.63) is 47.5 Å². The van der Waals surface area contributed by atoms with E-state index in [4.69, 9.17) is 4.74 Å². The second kappa shape index (κ2) is 10.8. The Morgan fingerprint density at radius 2 is 1.68 bits per heavy atom. The van der Waals surface area contributed by atoms with Crippen molar-refractivity contribution in [3.8, 4) is 0 Å². The highest BCUT2D eigenvalue weighted by atomic mass is 16.5. The molecule has 0 amide bonds. The molecule has 1 aromatic rings. The Balaban J connectivity index is 1.71. The maximum Gasteiger partial charge on any atom is 0.305 e. The molecule has 4 nitrogen and oxygen atoms in total. The topological polar surface area (TPSA) is 46.6 Å². The van der Waals surface area contributed by atoms with E-state index in [0.717, 1.165) is 56.4 Å². The van der Waals surface area contributed by atoms with E-state index in [2.05, 4.69) is 23.1 Å². The Morgan fingerprint density at radius 1 is 1.00 bits per heavy atom. The van der Waals surface area contributed by atoms with Gasteiger partial charge >= 0.3 is 5.97 Å². The van der Waals surface area contributed by atoms with Crippen molar-refractivity contribution in [2.75, 3.05) is 19.7 Å². The zero-order valence-corrected chi connectivity index (χ0v) is 15.2. The summed E-state index contributed by atoms with van der Waals surface area (Å²) in [6.45, 7) is 5.02. The number of unbranched alkanes of at least 4 members (excludes halogenated alkanes) is 3. The van der Waals surface area contributed by atoms with Crippen LogP contribution in [0.5, 0.6) is 0 Å². The van der Waals surface area contributed by atoms with E-state index in [1.165, 1.54) is 0 Å². The first-order valence-electron chi connectivity index (χ1n) is 9.34. The van der Waals surface area contributed by atoms with Gasteiger partial charge in [-0.15, -0.1) is 0 Å². The van der Waals surface area contributed by atoms with Gasteiger partial charge in [-0.2, -0.15) is 0 Å². The van der Waals surface area contributed by atoms with Gasteiger partial charge in [0.05, 0.1) is 6.61 Å². The lowest BCUT2D eigenvalue weighted by molar-refractivity contribution is -0.143. The summed E-state index contributed by atoms with van der Waals surface area (Å²) >= 11 is 0. The molecule has 0 saturated carbocycles. The Labute approximate surface area is 150 Å². The zero-order chi connectivity index (χ0) is 17.9. The second-order valence-electron chi connectivity index (χ2n) is 6.47. The number of benzene rings is 1. The lowest BCUT2D eigenvalue weighted by Crippen LogP contribution is -2.20. The third-order valence-electron chi connectivity index (χ3n) is 4.45. The van der Waals surface area contributed by atoms with Gasteiger partial charge in [0, 0.05) is 38.0 Å². The maximum absolute atomic E-state index is 12.6. The lowest BCUT2D eigenvalue weighted by Gasteiger charge is -2.17. The third kappa shape index (κ3) is 6.83. The summed E-state index contributed by atoms with van der Waals surface area (Å²) in [6, 6.07) is 7.95. The molecule has 2 rings (SSSR count). The fraction of sp³-hybridized carbons (Fsp3) is 0.524. The van der Waals surface area contributed by atoms with Crippen LogP contribution in [0.1, 0.15) is 61.4 Å². The van der Waals surface area contributed by atoms with Gasteiger partial charge in [0.25, 0.3) is 0 Å². The molecule has 0 unspecified atom stereocenters. The number of carbonyl (C=O) groups excluding carboxylic acids is 2. The van der Waals surface area contributed by atoms with Crippen LogP contribution in [-0.2, 0) is 16.1 Å². The monoisotopic (exact) mass is 343 g/mol. The molecule has 0 N–H and O–H groups in total. The smallest absolute Gasteiger partial charge is 0.305 e. The van der Waals surface area contributed by atoms with Gasteiger partial charge in [0.2, 0.25) is 0 Å². The highest BCUT2D eigenvalue weighted by Crippen LogP contribution is 2.17. The van der Waals surface area contributed by atoms with Crippen molar-refractivity contribution < 1.29 is 14.3 Å². The molecule has 0 bridgehead atoms. The Morgan fingerprint density at radius 3 is 2.40 bits per heavy atom. The van der Waals surface area contributed by atoms with Gasteiger partial charge in [-0.3, -0.25) is 14.5 Å². The molecule has 136 valence electrons. The molecule has 1 heterocycles. The minimum absolute atomic E-state index is 0.121. The Hall–Kier alpha value is -1.94. The van der Waals surface area contributed by atoms with Crippen LogP contribution in [0.15, 0.2) is 36.4 Å². The van der Waals surface area contributed by atoms with E-state index >= 15 is 0 Å². The molecule has 0 spiro atoms. The van der Waals surface area contributed by atoms with Gasteiger partial charge in [-0.25, -0.2) is 0 Å². The van der Waals surface area contributed by atoms with Crippen molar-refractivity contribution in [2.24, 2.45) is 0 Å². The highest BCUT2D eigenvalue weighted by molar-refractivity contribution is 5.97. The van der Waals surface area contributed by atoms with E-state index in [1.54, 1.807) is 0 Å². The van der Waals surface area contributed by atoms with Gasteiger partial charge in [-0.1, -0.05) is 49.3 Å². The summed E-state index contributed by atoms with van der Waals surface area (Å²) in [5.41, 5.74) is 1.99. The molecule has 1 aliphatic heterocycles. The van der Waals surface area contributed by atoms with E-state index < -0.39 is 0 Å². The number of hydrogen-bond donors (Lipinski definition) is 0. The first-order valence-corrected chi connectivity index (χ1v) is 9.34. The highest BCUT2D eigenvalue weighted by Gasteiger charge is 2.14. The van der Waals surface area contributed by atoms with Crippen molar-refractivity contribution in [1.82, 2.24) is 4.90 Å². The second-order valence-corrected chi connectivity index (χ2v) is 6.47. The number of nitrogens with zero attached hydrogens (tertiary/aromatic N) is 1.